The summed E-state index contributed by atoms with van der Waals surface area (Å²) >= 11 is 0. The van der Waals surface area contributed by atoms with E-state index in [2.05, 4.69) is 48.1 Å². The maximum Gasteiger partial charge on any atom is 0.159 e. The average molecular weight is 521 g/mol. The van der Waals surface area contributed by atoms with Crippen molar-refractivity contribution in [2.75, 3.05) is 6.61 Å². The second-order valence-corrected chi connectivity index (χ2v) is 11.9. The Kier molecular flexibility index (Phi) is 15.5. The molecule has 0 amide bonds. The van der Waals surface area contributed by atoms with Crippen molar-refractivity contribution in [3.05, 3.63) is 42.2 Å². The van der Waals surface area contributed by atoms with Gasteiger partial charge in [-0.05, 0) is 67.3 Å². The molecule has 0 N–H and O–H groups in total. The van der Waals surface area contributed by atoms with Crippen molar-refractivity contribution < 1.29 is 4.74 Å². The Balaban J connectivity index is 1.25. The zero-order valence-corrected chi connectivity index (χ0v) is 24.8. The van der Waals surface area contributed by atoms with Crippen molar-refractivity contribution in [1.82, 2.24) is 9.97 Å². The highest BCUT2D eigenvalue weighted by Gasteiger charge is 2.20. The number of hydrogen-bond acceptors (Lipinski definition) is 3. The lowest BCUT2D eigenvalue weighted by Gasteiger charge is -2.28. The van der Waals surface area contributed by atoms with E-state index in [1.807, 2.05) is 12.4 Å². The topological polar surface area (TPSA) is 35.0 Å². The standard InChI is InChI=1S/C35H56N2O/c1-3-5-7-9-10-12-14-17-32-28-36-35(37-29-32)33-23-25-34(26-24-33)38-27-15-18-31-21-19-30(20-22-31)16-13-11-8-6-4-2/h23-26,28-31H,3-22,27H2,1-2H3. The zero-order valence-electron chi connectivity index (χ0n) is 24.8. The van der Waals surface area contributed by atoms with Gasteiger partial charge in [0.2, 0.25) is 0 Å². The smallest absolute Gasteiger partial charge is 0.159 e. The van der Waals surface area contributed by atoms with Gasteiger partial charge >= 0.3 is 0 Å². The number of nitrogens with zero attached hydrogens (tertiary/aromatic N) is 2. The molecule has 2 aromatic rings. The number of hydrogen-bond donors (Lipinski definition) is 0. The third-order valence-corrected chi connectivity index (χ3v) is 8.59. The molecular formula is C35H56N2O. The minimum atomic E-state index is 0.802. The van der Waals surface area contributed by atoms with Crippen LogP contribution in [0.2, 0.25) is 0 Å². The van der Waals surface area contributed by atoms with Crippen LogP contribution in [-0.2, 0) is 6.42 Å². The highest BCUT2D eigenvalue weighted by atomic mass is 16.5. The van der Waals surface area contributed by atoms with E-state index in [-0.39, 0.29) is 0 Å². The third kappa shape index (κ3) is 12.3. The summed E-state index contributed by atoms with van der Waals surface area (Å²) in [5, 5.41) is 0. The largest absolute Gasteiger partial charge is 0.494 e. The molecule has 1 aromatic carbocycles. The van der Waals surface area contributed by atoms with E-state index in [9.17, 15) is 0 Å². The van der Waals surface area contributed by atoms with Crippen LogP contribution in [0.1, 0.15) is 141 Å². The molecule has 38 heavy (non-hydrogen) atoms. The van der Waals surface area contributed by atoms with Crippen LogP contribution in [0.15, 0.2) is 36.7 Å². The van der Waals surface area contributed by atoms with Gasteiger partial charge < -0.3 is 4.74 Å². The van der Waals surface area contributed by atoms with Crippen molar-refractivity contribution in [3.8, 4) is 17.1 Å². The van der Waals surface area contributed by atoms with Crippen LogP contribution in [-0.4, -0.2) is 16.6 Å². The van der Waals surface area contributed by atoms with Gasteiger partial charge in [-0.2, -0.15) is 0 Å². The predicted molar refractivity (Wildman–Crippen MR) is 163 cm³/mol. The van der Waals surface area contributed by atoms with Gasteiger partial charge in [0.25, 0.3) is 0 Å². The van der Waals surface area contributed by atoms with Crippen LogP contribution in [0.5, 0.6) is 5.75 Å². The Bertz CT molecular complexity index is 824. The van der Waals surface area contributed by atoms with Gasteiger partial charge in [0.15, 0.2) is 5.82 Å². The predicted octanol–water partition coefficient (Wildman–Crippen LogP) is 10.8. The molecule has 1 aliphatic rings. The maximum atomic E-state index is 6.06. The maximum absolute atomic E-state index is 6.06. The lowest BCUT2D eigenvalue weighted by molar-refractivity contribution is 0.228. The number of ether oxygens (including phenoxy) is 1. The molecule has 0 aliphatic heterocycles. The number of rotatable bonds is 20. The van der Waals surface area contributed by atoms with Crippen LogP contribution in [0.3, 0.4) is 0 Å². The van der Waals surface area contributed by atoms with Crippen LogP contribution in [0, 0.1) is 11.8 Å². The van der Waals surface area contributed by atoms with Crippen LogP contribution in [0.4, 0.5) is 0 Å². The van der Waals surface area contributed by atoms with Crippen LogP contribution in [0.25, 0.3) is 11.4 Å². The van der Waals surface area contributed by atoms with Gasteiger partial charge in [0.05, 0.1) is 6.61 Å². The molecule has 0 spiro atoms. The molecule has 1 heterocycles. The Labute approximate surface area is 234 Å². The highest BCUT2D eigenvalue weighted by molar-refractivity contribution is 5.55. The summed E-state index contributed by atoms with van der Waals surface area (Å²) in [4.78, 5) is 9.25. The Hall–Kier alpha value is -1.90. The zero-order chi connectivity index (χ0) is 26.7. The number of aromatic nitrogens is 2. The normalized spacial score (nSPS) is 17.5. The first-order valence-electron chi connectivity index (χ1n) is 16.3. The second-order valence-electron chi connectivity index (χ2n) is 11.9. The fourth-order valence-electron chi connectivity index (χ4n) is 6.03. The van der Waals surface area contributed by atoms with Gasteiger partial charge in [-0.1, -0.05) is 117 Å². The van der Waals surface area contributed by atoms with E-state index in [1.165, 1.54) is 121 Å². The van der Waals surface area contributed by atoms with Crippen LogP contribution < -0.4 is 4.74 Å². The van der Waals surface area contributed by atoms with Gasteiger partial charge in [0.1, 0.15) is 5.75 Å². The molecule has 0 saturated heterocycles. The molecule has 1 aromatic heterocycles. The molecule has 0 bridgehead atoms. The number of unbranched alkanes of at least 4 members (excludes halogenated alkanes) is 10. The second kappa shape index (κ2) is 19.2. The summed E-state index contributed by atoms with van der Waals surface area (Å²) in [6, 6.07) is 8.31. The van der Waals surface area contributed by atoms with Crippen molar-refractivity contribution >= 4 is 0 Å². The molecule has 0 atom stereocenters. The number of benzene rings is 1. The average Bonchev–Trinajstić information content (AvgIpc) is 2.96. The van der Waals surface area contributed by atoms with Crippen molar-refractivity contribution in [2.45, 2.75) is 142 Å². The van der Waals surface area contributed by atoms with E-state index < -0.39 is 0 Å². The third-order valence-electron chi connectivity index (χ3n) is 8.59. The summed E-state index contributed by atoms with van der Waals surface area (Å²) in [5.41, 5.74) is 2.31. The number of aryl methyl sites for hydroxylation is 1. The van der Waals surface area contributed by atoms with Crippen molar-refractivity contribution in [3.63, 3.8) is 0 Å². The minimum absolute atomic E-state index is 0.802. The highest BCUT2D eigenvalue weighted by Crippen LogP contribution is 2.34. The molecular weight excluding hydrogens is 464 g/mol. The first-order chi connectivity index (χ1) is 18.8. The summed E-state index contributed by atoms with van der Waals surface area (Å²) in [5.74, 6) is 3.68. The quantitative estimate of drug-likeness (QED) is 0.163. The molecule has 0 unspecified atom stereocenters. The van der Waals surface area contributed by atoms with Crippen molar-refractivity contribution in [1.29, 1.82) is 0 Å². The van der Waals surface area contributed by atoms with Gasteiger partial charge in [-0.25, -0.2) is 9.97 Å². The van der Waals surface area contributed by atoms with E-state index in [4.69, 9.17) is 4.74 Å². The molecule has 0 radical (unpaired) electrons. The fraction of sp³-hybridized carbons (Fsp3) is 0.714. The SMILES string of the molecule is CCCCCCCCCc1cnc(-c2ccc(OCCCC3CCC(CCCCCCC)CC3)cc2)nc1. The first kappa shape index (κ1) is 30.6. The molecule has 3 heteroatoms. The molecule has 1 aliphatic carbocycles. The Morgan fingerprint density at radius 3 is 1.76 bits per heavy atom. The Morgan fingerprint density at radius 1 is 0.632 bits per heavy atom. The lowest BCUT2D eigenvalue weighted by atomic mass is 9.78. The summed E-state index contributed by atoms with van der Waals surface area (Å²) < 4.78 is 6.06. The van der Waals surface area contributed by atoms with Crippen molar-refractivity contribution in [2.24, 2.45) is 11.8 Å². The van der Waals surface area contributed by atoms with Gasteiger partial charge in [-0.15, -0.1) is 0 Å². The van der Waals surface area contributed by atoms with E-state index in [0.29, 0.717) is 0 Å². The summed E-state index contributed by atoms with van der Waals surface area (Å²) in [6.45, 7) is 5.39. The molecule has 1 fully saturated rings. The molecule has 3 rings (SSSR count). The lowest BCUT2D eigenvalue weighted by Crippen LogP contribution is -2.15. The van der Waals surface area contributed by atoms with E-state index >= 15 is 0 Å². The summed E-state index contributed by atoms with van der Waals surface area (Å²) in [7, 11) is 0. The first-order valence-corrected chi connectivity index (χ1v) is 16.3. The van der Waals surface area contributed by atoms with E-state index in [0.717, 1.165) is 48.4 Å². The molecule has 1 saturated carbocycles. The van der Waals surface area contributed by atoms with Gasteiger partial charge in [0, 0.05) is 18.0 Å². The van der Waals surface area contributed by atoms with E-state index in [1.54, 1.807) is 0 Å². The van der Waals surface area contributed by atoms with Gasteiger partial charge in [-0.3, -0.25) is 0 Å². The van der Waals surface area contributed by atoms with Crippen LogP contribution >= 0.6 is 0 Å². The minimum Gasteiger partial charge on any atom is -0.494 e. The summed E-state index contributed by atoms with van der Waals surface area (Å²) in [6.07, 6.45) is 31.3. The fourth-order valence-corrected chi connectivity index (χ4v) is 6.03. The Morgan fingerprint density at radius 2 is 1.16 bits per heavy atom. The molecule has 212 valence electrons. The monoisotopic (exact) mass is 520 g/mol. The molecule has 3 nitrogen and oxygen atoms in total.